The van der Waals surface area contributed by atoms with Crippen LogP contribution in [0.2, 0.25) is 0 Å². The van der Waals surface area contributed by atoms with Crippen LogP contribution in [0.3, 0.4) is 0 Å². The summed E-state index contributed by atoms with van der Waals surface area (Å²) in [6.07, 6.45) is 3.37. The van der Waals surface area contributed by atoms with E-state index in [9.17, 15) is 0 Å². The fourth-order valence-corrected chi connectivity index (χ4v) is 2.82. The molecule has 1 aliphatic rings. The van der Waals surface area contributed by atoms with Crippen molar-refractivity contribution < 1.29 is 0 Å². The van der Waals surface area contributed by atoms with Crippen molar-refractivity contribution in [2.24, 2.45) is 4.99 Å². The summed E-state index contributed by atoms with van der Waals surface area (Å²) >= 11 is 3.74. The topological polar surface area (TPSA) is 24.4 Å². The number of nitrogens with one attached hydrogen (secondary N) is 1. The van der Waals surface area contributed by atoms with Crippen molar-refractivity contribution in [3.63, 3.8) is 0 Å². The zero-order valence-electron chi connectivity index (χ0n) is 9.41. The van der Waals surface area contributed by atoms with Gasteiger partial charge in [-0.3, -0.25) is 4.99 Å². The second-order valence-corrected chi connectivity index (χ2v) is 6.60. The fraction of sp³-hybridized carbons (Fsp3) is 0.900. The van der Waals surface area contributed by atoms with Gasteiger partial charge in [0.25, 0.3) is 0 Å². The number of thioether (sulfide) groups is 2. The van der Waals surface area contributed by atoms with Crippen molar-refractivity contribution in [3.8, 4) is 0 Å². The molecule has 0 aromatic heterocycles. The van der Waals surface area contributed by atoms with E-state index in [-0.39, 0.29) is 0 Å². The van der Waals surface area contributed by atoms with Crippen molar-refractivity contribution in [1.82, 2.24) is 5.32 Å². The third kappa shape index (κ3) is 4.13. The second kappa shape index (κ2) is 5.91. The molecule has 0 bridgehead atoms. The highest BCUT2D eigenvalue weighted by molar-refractivity contribution is 8.14. The Kier molecular flexibility index (Phi) is 5.17. The normalized spacial score (nSPS) is 32.7. The molecule has 0 amide bonds. The number of amidine groups is 1. The summed E-state index contributed by atoms with van der Waals surface area (Å²) in [5, 5.41) is 5.89. The maximum absolute atomic E-state index is 4.60. The monoisotopic (exact) mass is 232 g/mol. The van der Waals surface area contributed by atoms with Crippen LogP contribution in [0.15, 0.2) is 4.99 Å². The zero-order chi connectivity index (χ0) is 10.6. The first-order chi connectivity index (χ1) is 6.61. The smallest absolute Gasteiger partial charge is 0.157 e. The van der Waals surface area contributed by atoms with E-state index in [1.807, 2.05) is 23.5 Å². The summed E-state index contributed by atoms with van der Waals surface area (Å²) in [6, 6.07) is 0.578. The third-order valence-electron chi connectivity index (χ3n) is 2.26. The average Bonchev–Trinajstić information content (AvgIpc) is 2.12. The highest BCUT2D eigenvalue weighted by atomic mass is 32.2. The molecule has 0 saturated carbocycles. The zero-order valence-corrected chi connectivity index (χ0v) is 11.0. The fourth-order valence-electron chi connectivity index (χ4n) is 1.41. The predicted octanol–water partition coefficient (Wildman–Crippen LogP) is 2.60. The minimum Gasteiger partial charge on any atom is -0.362 e. The highest BCUT2D eigenvalue weighted by Crippen LogP contribution is 2.22. The Morgan fingerprint density at radius 3 is 2.93 bits per heavy atom. The summed E-state index contributed by atoms with van der Waals surface area (Å²) in [7, 11) is 0. The molecule has 0 spiro atoms. The molecule has 1 fully saturated rings. The van der Waals surface area contributed by atoms with Crippen LogP contribution in [0.5, 0.6) is 0 Å². The summed E-state index contributed by atoms with van der Waals surface area (Å²) in [5.74, 6) is 0. The molecule has 1 rings (SSSR count). The molecule has 1 saturated heterocycles. The van der Waals surface area contributed by atoms with Crippen LogP contribution in [-0.2, 0) is 0 Å². The van der Waals surface area contributed by atoms with Gasteiger partial charge < -0.3 is 5.32 Å². The Hall–Kier alpha value is 0.170. The largest absolute Gasteiger partial charge is 0.362 e. The molecule has 3 unspecified atom stereocenters. The first kappa shape index (κ1) is 12.2. The van der Waals surface area contributed by atoms with Gasteiger partial charge in [0.05, 0.1) is 6.54 Å². The average molecular weight is 232 g/mol. The number of hydrogen-bond acceptors (Lipinski definition) is 3. The van der Waals surface area contributed by atoms with E-state index < -0.39 is 0 Å². The van der Waals surface area contributed by atoms with Crippen molar-refractivity contribution >= 4 is 28.7 Å². The van der Waals surface area contributed by atoms with Crippen LogP contribution in [0, 0.1) is 0 Å². The van der Waals surface area contributed by atoms with Gasteiger partial charge in [0, 0.05) is 16.5 Å². The molecule has 4 heteroatoms. The number of rotatable bonds is 3. The van der Waals surface area contributed by atoms with Gasteiger partial charge in [0.15, 0.2) is 5.17 Å². The molecule has 1 aliphatic heterocycles. The summed E-state index contributed by atoms with van der Waals surface area (Å²) in [6.45, 7) is 7.64. The van der Waals surface area contributed by atoms with E-state index in [1.54, 1.807) is 0 Å². The number of hydrogen-bond donors (Lipinski definition) is 1. The van der Waals surface area contributed by atoms with Crippen LogP contribution < -0.4 is 5.32 Å². The lowest BCUT2D eigenvalue weighted by Gasteiger charge is -2.27. The second-order valence-electron chi connectivity index (χ2n) is 3.90. The van der Waals surface area contributed by atoms with Crippen molar-refractivity contribution in [2.75, 3.05) is 12.8 Å². The Morgan fingerprint density at radius 1 is 1.64 bits per heavy atom. The predicted molar refractivity (Wildman–Crippen MR) is 69.5 cm³/mol. The number of aliphatic imine (C=N–C) groups is 1. The molecule has 1 heterocycles. The van der Waals surface area contributed by atoms with Crippen LogP contribution in [0.1, 0.15) is 27.2 Å². The van der Waals surface area contributed by atoms with Gasteiger partial charge >= 0.3 is 0 Å². The Labute approximate surface area is 95.7 Å². The van der Waals surface area contributed by atoms with Gasteiger partial charge in [0.2, 0.25) is 0 Å². The van der Waals surface area contributed by atoms with Crippen LogP contribution in [0.4, 0.5) is 0 Å². The summed E-state index contributed by atoms with van der Waals surface area (Å²) in [5.41, 5.74) is 0. The Morgan fingerprint density at radius 2 is 2.36 bits per heavy atom. The highest BCUT2D eigenvalue weighted by Gasteiger charge is 2.19. The molecule has 1 N–H and O–H groups in total. The van der Waals surface area contributed by atoms with Gasteiger partial charge in [-0.25, -0.2) is 0 Å². The molecule has 0 aromatic carbocycles. The first-order valence-electron chi connectivity index (χ1n) is 5.12. The van der Waals surface area contributed by atoms with Crippen molar-refractivity contribution in [1.29, 1.82) is 0 Å². The van der Waals surface area contributed by atoms with E-state index in [0.717, 1.165) is 11.7 Å². The number of nitrogens with zero attached hydrogens (tertiary/aromatic N) is 1. The minimum absolute atomic E-state index is 0.578. The molecular weight excluding hydrogens is 212 g/mol. The molecule has 2 nitrogen and oxygen atoms in total. The first-order valence-corrected chi connectivity index (χ1v) is 7.29. The van der Waals surface area contributed by atoms with E-state index in [1.165, 1.54) is 6.42 Å². The van der Waals surface area contributed by atoms with E-state index in [4.69, 9.17) is 0 Å². The van der Waals surface area contributed by atoms with Crippen molar-refractivity contribution in [2.45, 2.75) is 43.7 Å². The standard InChI is InChI=1S/C10H20N2S2/c1-7-5-8(2)14-10(12-7)11-6-9(3)13-4/h7-9H,5-6H2,1-4H3,(H,11,12). The molecule has 14 heavy (non-hydrogen) atoms. The van der Waals surface area contributed by atoms with E-state index in [2.05, 4.69) is 37.3 Å². The van der Waals surface area contributed by atoms with Gasteiger partial charge in [-0.2, -0.15) is 11.8 Å². The van der Waals surface area contributed by atoms with E-state index in [0.29, 0.717) is 16.5 Å². The van der Waals surface area contributed by atoms with Crippen LogP contribution in [-0.4, -0.2) is 34.5 Å². The minimum atomic E-state index is 0.578. The lowest BCUT2D eigenvalue weighted by Crippen LogP contribution is -2.38. The van der Waals surface area contributed by atoms with Gasteiger partial charge in [0.1, 0.15) is 0 Å². The van der Waals surface area contributed by atoms with Gasteiger partial charge in [-0.1, -0.05) is 25.6 Å². The molecule has 0 aromatic rings. The SMILES string of the molecule is CSC(C)CN=C1NC(C)CC(C)S1. The summed E-state index contributed by atoms with van der Waals surface area (Å²) in [4.78, 5) is 4.60. The molecule has 3 atom stereocenters. The maximum Gasteiger partial charge on any atom is 0.157 e. The van der Waals surface area contributed by atoms with Crippen LogP contribution in [0.25, 0.3) is 0 Å². The third-order valence-corrected chi connectivity index (χ3v) is 4.28. The molecule has 0 aliphatic carbocycles. The van der Waals surface area contributed by atoms with E-state index >= 15 is 0 Å². The van der Waals surface area contributed by atoms with Crippen molar-refractivity contribution in [3.05, 3.63) is 0 Å². The summed E-state index contributed by atoms with van der Waals surface area (Å²) < 4.78 is 0. The Balaban J connectivity index is 2.42. The lowest BCUT2D eigenvalue weighted by atomic mass is 10.2. The van der Waals surface area contributed by atoms with Crippen LogP contribution >= 0.6 is 23.5 Å². The molecular formula is C10H20N2S2. The molecule has 82 valence electrons. The molecule has 0 radical (unpaired) electrons. The van der Waals surface area contributed by atoms with Gasteiger partial charge in [-0.15, -0.1) is 0 Å². The lowest BCUT2D eigenvalue weighted by molar-refractivity contribution is 0.597. The Bertz CT molecular complexity index is 194. The quantitative estimate of drug-likeness (QED) is 0.809. The van der Waals surface area contributed by atoms with Gasteiger partial charge in [-0.05, 0) is 19.6 Å². The maximum atomic E-state index is 4.60.